The minimum atomic E-state index is -1.07. The van der Waals surface area contributed by atoms with Gasteiger partial charge >= 0.3 is 5.97 Å². The molecule has 2 heterocycles. The Labute approximate surface area is 179 Å². The second-order valence-electron chi connectivity index (χ2n) is 6.23. The fourth-order valence-electron chi connectivity index (χ4n) is 2.85. The van der Waals surface area contributed by atoms with E-state index >= 15 is 0 Å². The normalized spacial score (nSPS) is 18.2. The number of carbonyl (C=O) groups excluding carboxylic acids is 3. The van der Waals surface area contributed by atoms with Gasteiger partial charge in [-0.1, -0.05) is 6.07 Å². The van der Waals surface area contributed by atoms with Crippen molar-refractivity contribution < 1.29 is 29.0 Å². The van der Waals surface area contributed by atoms with Crippen molar-refractivity contribution in [3.05, 3.63) is 32.2 Å². The number of rotatable bonds is 6. The molecule has 148 valence electrons. The van der Waals surface area contributed by atoms with Gasteiger partial charge in [-0.25, -0.2) is 4.79 Å². The molecule has 2 aliphatic rings. The van der Waals surface area contributed by atoms with Gasteiger partial charge in [-0.2, -0.15) is 0 Å². The van der Waals surface area contributed by atoms with Crippen LogP contribution in [0.1, 0.15) is 18.4 Å². The second-order valence-corrected chi connectivity index (χ2v) is 8.38. The van der Waals surface area contributed by atoms with Gasteiger partial charge in [-0.05, 0) is 71.0 Å². The van der Waals surface area contributed by atoms with E-state index in [1.54, 1.807) is 29.2 Å². The average molecular weight is 516 g/mol. The molecule has 0 saturated carbocycles. The van der Waals surface area contributed by atoms with Crippen LogP contribution in [0.3, 0.4) is 0 Å². The van der Waals surface area contributed by atoms with Gasteiger partial charge in [0.2, 0.25) is 5.91 Å². The third-order valence-electron chi connectivity index (χ3n) is 4.23. The Balaban J connectivity index is 1.69. The number of halogens is 1. The number of benzene rings is 1. The molecule has 0 radical (unpaired) electrons. The van der Waals surface area contributed by atoms with Crippen LogP contribution in [0, 0.1) is 3.57 Å². The Kier molecular flexibility index (Phi) is 6.60. The van der Waals surface area contributed by atoms with Crippen LogP contribution >= 0.6 is 34.4 Å². The van der Waals surface area contributed by atoms with E-state index in [1.165, 1.54) is 0 Å². The van der Waals surface area contributed by atoms with Gasteiger partial charge in [-0.3, -0.25) is 19.3 Å². The van der Waals surface area contributed by atoms with E-state index in [1.807, 2.05) is 22.6 Å². The smallest absolute Gasteiger partial charge is 0.341 e. The number of carboxylic acids is 1. The van der Waals surface area contributed by atoms with Crippen molar-refractivity contribution in [2.24, 2.45) is 0 Å². The number of thioether (sulfide) groups is 1. The third-order valence-corrected chi connectivity index (χ3v) is 5.98. The number of nitrogens with zero attached hydrogens (tertiary/aromatic N) is 2. The van der Waals surface area contributed by atoms with E-state index in [-0.39, 0.29) is 17.4 Å². The zero-order valence-electron chi connectivity index (χ0n) is 14.7. The molecule has 1 aromatic carbocycles. The molecule has 0 aromatic heterocycles. The summed E-state index contributed by atoms with van der Waals surface area (Å²) >= 11 is 2.81. The van der Waals surface area contributed by atoms with E-state index in [0.29, 0.717) is 28.0 Å². The van der Waals surface area contributed by atoms with E-state index in [2.05, 4.69) is 0 Å². The van der Waals surface area contributed by atoms with Crippen molar-refractivity contribution in [1.82, 2.24) is 9.80 Å². The summed E-state index contributed by atoms with van der Waals surface area (Å²) in [5.74, 6) is -1.35. The maximum atomic E-state index is 12.6. The molecule has 3 amide bonds. The SMILES string of the molecule is O=C(O)COc1ccc(/C=C2/SC(=O)N(CC(=O)N3CCCC3)C2=O)cc1I. The number of amides is 3. The van der Waals surface area contributed by atoms with Gasteiger partial charge in [-0.15, -0.1) is 0 Å². The van der Waals surface area contributed by atoms with Crippen molar-refractivity contribution in [3.8, 4) is 5.75 Å². The van der Waals surface area contributed by atoms with Crippen molar-refractivity contribution >= 4 is 63.5 Å². The molecule has 2 aliphatic heterocycles. The number of aliphatic carboxylic acids is 1. The lowest BCUT2D eigenvalue weighted by Gasteiger charge is -2.18. The summed E-state index contributed by atoms with van der Waals surface area (Å²) in [6, 6.07) is 5.00. The standard InChI is InChI=1S/C18H17IN2O6S/c19-12-7-11(3-4-13(12)27-10-16(23)24)8-14-17(25)21(18(26)28-14)9-15(22)20-5-1-2-6-20/h3-4,7-8H,1-2,5-6,9-10H2,(H,23,24)/b14-8+. The number of carbonyl (C=O) groups is 4. The lowest BCUT2D eigenvalue weighted by molar-refractivity contribution is -0.139. The zero-order chi connectivity index (χ0) is 20.3. The molecule has 2 saturated heterocycles. The molecule has 0 atom stereocenters. The van der Waals surface area contributed by atoms with E-state index in [4.69, 9.17) is 9.84 Å². The van der Waals surface area contributed by atoms with Crippen molar-refractivity contribution in [3.63, 3.8) is 0 Å². The van der Waals surface area contributed by atoms with Crippen LogP contribution in [-0.2, 0) is 14.4 Å². The first-order valence-corrected chi connectivity index (χ1v) is 10.4. The van der Waals surface area contributed by atoms with E-state index in [9.17, 15) is 19.2 Å². The molecular formula is C18H17IN2O6S. The first-order chi connectivity index (χ1) is 13.3. The topological polar surface area (TPSA) is 104 Å². The van der Waals surface area contributed by atoms with Crippen LogP contribution in [0.5, 0.6) is 5.75 Å². The fraction of sp³-hybridized carbons (Fsp3) is 0.333. The highest BCUT2D eigenvalue weighted by molar-refractivity contribution is 14.1. The maximum Gasteiger partial charge on any atom is 0.341 e. The Bertz CT molecular complexity index is 866. The van der Waals surface area contributed by atoms with Gasteiger partial charge in [0.15, 0.2) is 6.61 Å². The minimum absolute atomic E-state index is 0.212. The number of carboxylic acid groups (broad SMARTS) is 1. The average Bonchev–Trinajstić information content (AvgIpc) is 3.26. The third kappa shape index (κ3) is 4.85. The summed E-state index contributed by atoms with van der Waals surface area (Å²) in [6.07, 6.45) is 3.46. The molecule has 8 nitrogen and oxygen atoms in total. The van der Waals surface area contributed by atoms with Crippen LogP contribution in [-0.4, -0.2) is 64.2 Å². The number of ether oxygens (including phenoxy) is 1. The molecule has 0 spiro atoms. The molecule has 0 bridgehead atoms. The van der Waals surface area contributed by atoms with Crippen molar-refractivity contribution in [2.75, 3.05) is 26.2 Å². The molecule has 10 heteroatoms. The van der Waals surface area contributed by atoms with Crippen LogP contribution in [0.15, 0.2) is 23.1 Å². The largest absolute Gasteiger partial charge is 0.481 e. The first kappa shape index (κ1) is 20.6. The molecule has 2 fully saturated rings. The Morgan fingerprint density at radius 3 is 2.61 bits per heavy atom. The molecule has 28 heavy (non-hydrogen) atoms. The maximum absolute atomic E-state index is 12.6. The predicted octanol–water partition coefficient (Wildman–Crippen LogP) is 2.41. The molecule has 1 aromatic rings. The first-order valence-electron chi connectivity index (χ1n) is 8.52. The van der Waals surface area contributed by atoms with Crippen LogP contribution in [0.2, 0.25) is 0 Å². The second kappa shape index (κ2) is 8.95. The molecular weight excluding hydrogens is 499 g/mol. The van der Waals surface area contributed by atoms with Crippen molar-refractivity contribution in [1.29, 1.82) is 0 Å². The molecule has 0 unspecified atom stereocenters. The number of imide groups is 1. The number of likely N-dealkylation sites (tertiary alicyclic amines) is 1. The summed E-state index contributed by atoms with van der Waals surface area (Å²) in [5, 5.41) is 8.22. The predicted molar refractivity (Wildman–Crippen MR) is 111 cm³/mol. The van der Waals surface area contributed by atoms with Crippen molar-refractivity contribution in [2.45, 2.75) is 12.8 Å². The van der Waals surface area contributed by atoms with Gasteiger partial charge in [0.1, 0.15) is 12.3 Å². The number of hydrogen-bond acceptors (Lipinski definition) is 6. The Morgan fingerprint density at radius 1 is 1.25 bits per heavy atom. The summed E-state index contributed by atoms with van der Waals surface area (Å²) < 4.78 is 5.84. The fourth-order valence-corrected chi connectivity index (χ4v) is 4.39. The molecule has 0 aliphatic carbocycles. The van der Waals surface area contributed by atoms with Gasteiger partial charge in [0.25, 0.3) is 11.1 Å². The molecule has 3 rings (SSSR count). The molecule has 1 N–H and O–H groups in total. The highest BCUT2D eigenvalue weighted by Crippen LogP contribution is 2.33. The van der Waals surface area contributed by atoms with E-state index < -0.39 is 23.7 Å². The summed E-state index contributed by atoms with van der Waals surface area (Å²) in [5.41, 5.74) is 0.670. The Hall–Kier alpha value is -2.08. The van der Waals surface area contributed by atoms with Crippen LogP contribution in [0.25, 0.3) is 6.08 Å². The van der Waals surface area contributed by atoms with Crippen LogP contribution in [0.4, 0.5) is 4.79 Å². The minimum Gasteiger partial charge on any atom is -0.481 e. The zero-order valence-corrected chi connectivity index (χ0v) is 17.7. The summed E-state index contributed by atoms with van der Waals surface area (Å²) in [6.45, 7) is 0.653. The van der Waals surface area contributed by atoms with Crippen LogP contribution < -0.4 is 4.74 Å². The quantitative estimate of drug-likeness (QED) is 0.458. The van der Waals surface area contributed by atoms with Gasteiger partial charge in [0, 0.05) is 13.1 Å². The summed E-state index contributed by atoms with van der Waals surface area (Å²) in [7, 11) is 0. The monoisotopic (exact) mass is 516 g/mol. The van der Waals surface area contributed by atoms with Gasteiger partial charge in [0.05, 0.1) is 8.48 Å². The number of hydrogen-bond donors (Lipinski definition) is 1. The van der Waals surface area contributed by atoms with E-state index in [0.717, 1.165) is 29.5 Å². The highest BCUT2D eigenvalue weighted by atomic mass is 127. The Morgan fingerprint density at radius 2 is 1.96 bits per heavy atom. The lowest BCUT2D eigenvalue weighted by Crippen LogP contribution is -2.40. The highest BCUT2D eigenvalue weighted by Gasteiger charge is 2.37. The van der Waals surface area contributed by atoms with Gasteiger partial charge < -0.3 is 14.7 Å². The summed E-state index contributed by atoms with van der Waals surface area (Å²) in [4.78, 5) is 50.5. The lowest BCUT2D eigenvalue weighted by atomic mass is 10.2.